The zero-order valence-corrected chi connectivity index (χ0v) is 16.0. The van der Waals surface area contributed by atoms with Crippen LogP contribution >= 0.6 is 0 Å². The molecule has 2 aliphatic rings. The van der Waals surface area contributed by atoms with Gasteiger partial charge in [0.1, 0.15) is 0 Å². The zero-order chi connectivity index (χ0) is 18.0. The third-order valence-electron chi connectivity index (χ3n) is 5.32. The highest BCUT2D eigenvalue weighted by molar-refractivity contribution is 7.89. The Kier molecular flexibility index (Phi) is 5.49. The van der Waals surface area contributed by atoms with E-state index in [2.05, 4.69) is 0 Å². The molecule has 2 aliphatic carbocycles. The van der Waals surface area contributed by atoms with E-state index in [0.717, 1.165) is 25.7 Å². The molecule has 0 unspecified atom stereocenters. The van der Waals surface area contributed by atoms with Gasteiger partial charge in [-0.3, -0.25) is 4.79 Å². The summed E-state index contributed by atoms with van der Waals surface area (Å²) in [6.07, 6.45) is 6.63. The molecule has 1 amide bonds. The van der Waals surface area contributed by atoms with Crippen molar-refractivity contribution >= 4 is 15.9 Å². The van der Waals surface area contributed by atoms with Crippen molar-refractivity contribution in [2.24, 2.45) is 0 Å². The number of carbonyl (C=O) groups is 1. The molecule has 0 heterocycles. The highest BCUT2D eigenvalue weighted by Gasteiger charge is 2.39. The van der Waals surface area contributed by atoms with E-state index in [9.17, 15) is 13.2 Å². The molecule has 138 valence electrons. The van der Waals surface area contributed by atoms with E-state index in [0.29, 0.717) is 30.7 Å². The van der Waals surface area contributed by atoms with Crippen molar-refractivity contribution in [3.05, 3.63) is 29.8 Å². The van der Waals surface area contributed by atoms with Gasteiger partial charge >= 0.3 is 0 Å². The van der Waals surface area contributed by atoms with Crippen molar-refractivity contribution in [1.29, 1.82) is 0 Å². The summed E-state index contributed by atoms with van der Waals surface area (Å²) in [7, 11) is -3.54. The normalized spacial score (nSPS) is 18.7. The van der Waals surface area contributed by atoms with Crippen LogP contribution in [0.3, 0.4) is 0 Å². The molecule has 2 saturated carbocycles. The summed E-state index contributed by atoms with van der Waals surface area (Å²) < 4.78 is 26.9. The summed E-state index contributed by atoms with van der Waals surface area (Å²) in [6.45, 7) is 4.50. The van der Waals surface area contributed by atoms with Crippen LogP contribution in [-0.4, -0.2) is 48.7 Å². The quantitative estimate of drug-likeness (QED) is 0.746. The third-order valence-corrected chi connectivity index (χ3v) is 7.36. The number of hydrogen-bond donors (Lipinski definition) is 0. The summed E-state index contributed by atoms with van der Waals surface area (Å²) >= 11 is 0. The van der Waals surface area contributed by atoms with Gasteiger partial charge in [0.05, 0.1) is 4.90 Å². The lowest BCUT2D eigenvalue weighted by atomic mass is 10.1. The zero-order valence-electron chi connectivity index (χ0n) is 15.1. The van der Waals surface area contributed by atoms with Gasteiger partial charge in [0, 0.05) is 30.7 Å². The molecule has 0 aliphatic heterocycles. The SMILES string of the molecule is CCN(CC)S(=O)(=O)c1cccc(C(=O)N(C2CCCC2)C2CC2)c1. The molecule has 0 bridgehead atoms. The Labute approximate surface area is 151 Å². The van der Waals surface area contributed by atoms with Gasteiger partial charge < -0.3 is 4.90 Å². The van der Waals surface area contributed by atoms with E-state index in [4.69, 9.17) is 0 Å². The maximum Gasteiger partial charge on any atom is 0.254 e. The second-order valence-corrected chi connectivity index (χ2v) is 8.94. The molecule has 1 aromatic rings. The molecule has 3 rings (SSSR count). The van der Waals surface area contributed by atoms with Crippen LogP contribution in [0.15, 0.2) is 29.2 Å². The fraction of sp³-hybridized carbons (Fsp3) is 0.632. The lowest BCUT2D eigenvalue weighted by molar-refractivity contribution is 0.0664. The summed E-state index contributed by atoms with van der Waals surface area (Å²) in [4.78, 5) is 15.4. The van der Waals surface area contributed by atoms with Crippen LogP contribution in [0.5, 0.6) is 0 Å². The topological polar surface area (TPSA) is 57.7 Å². The van der Waals surface area contributed by atoms with Crippen LogP contribution in [0.1, 0.15) is 62.7 Å². The maximum atomic E-state index is 13.1. The molecule has 0 N–H and O–H groups in total. The smallest absolute Gasteiger partial charge is 0.254 e. The lowest BCUT2D eigenvalue weighted by Crippen LogP contribution is -2.40. The Morgan fingerprint density at radius 2 is 1.64 bits per heavy atom. The molecule has 0 atom stereocenters. The average Bonchev–Trinajstić information content (AvgIpc) is 3.29. The van der Waals surface area contributed by atoms with Crippen molar-refractivity contribution in [1.82, 2.24) is 9.21 Å². The van der Waals surface area contributed by atoms with Crippen LogP contribution in [0.4, 0.5) is 0 Å². The predicted octanol–water partition coefficient (Wildman–Crippen LogP) is 3.26. The standard InChI is InChI=1S/C19H28N2O3S/c1-3-20(4-2)25(23,24)18-11-7-8-15(14-18)19(22)21(17-12-13-17)16-9-5-6-10-16/h7-8,11,14,16-17H,3-6,9-10,12-13H2,1-2H3. The Morgan fingerprint density at radius 3 is 2.20 bits per heavy atom. The van der Waals surface area contributed by atoms with Crippen molar-refractivity contribution < 1.29 is 13.2 Å². The molecule has 0 spiro atoms. The Bertz CT molecular complexity index is 718. The third kappa shape index (κ3) is 3.75. The van der Waals surface area contributed by atoms with E-state index < -0.39 is 10.0 Å². The fourth-order valence-electron chi connectivity index (χ4n) is 3.82. The van der Waals surface area contributed by atoms with Crippen LogP contribution in [0, 0.1) is 0 Å². The number of benzene rings is 1. The van der Waals surface area contributed by atoms with Gasteiger partial charge in [-0.2, -0.15) is 4.31 Å². The minimum atomic E-state index is -3.54. The van der Waals surface area contributed by atoms with Gasteiger partial charge in [0.25, 0.3) is 5.91 Å². The Morgan fingerprint density at radius 1 is 1.04 bits per heavy atom. The number of hydrogen-bond acceptors (Lipinski definition) is 3. The number of rotatable bonds is 7. The van der Waals surface area contributed by atoms with Crippen LogP contribution in [0.2, 0.25) is 0 Å². The minimum Gasteiger partial charge on any atom is -0.333 e. The van der Waals surface area contributed by atoms with Crippen LogP contribution in [-0.2, 0) is 10.0 Å². The highest BCUT2D eigenvalue weighted by Crippen LogP contribution is 2.35. The van der Waals surface area contributed by atoms with Crippen molar-refractivity contribution in [3.8, 4) is 0 Å². The molecule has 2 fully saturated rings. The van der Waals surface area contributed by atoms with Gasteiger partial charge in [-0.25, -0.2) is 8.42 Å². The van der Waals surface area contributed by atoms with Crippen LogP contribution in [0.25, 0.3) is 0 Å². The Balaban J connectivity index is 1.88. The van der Waals surface area contributed by atoms with E-state index >= 15 is 0 Å². The highest BCUT2D eigenvalue weighted by atomic mass is 32.2. The summed E-state index contributed by atoms with van der Waals surface area (Å²) in [6, 6.07) is 7.24. The van der Waals surface area contributed by atoms with E-state index in [1.54, 1.807) is 24.3 Å². The van der Waals surface area contributed by atoms with E-state index in [1.165, 1.54) is 17.1 Å². The monoisotopic (exact) mass is 364 g/mol. The fourth-order valence-corrected chi connectivity index (χ4v) is 5.32. The van der Waals surface area contributed by atoms with E-state index in [-0.39, 0.29) is 10.8 Å². The van der Waals surface area contributed by atoms with Crippen molar-refractivity contribution in [2.75, 3.05) is 13.1 Å². The minimum absolute atomic E-state index is 0.00834. The largest absolute Gasteiger partial charge is 0.333 e. The first-order chi connectivity index (χ1) is 12.0. The van der Waals surface area contributed by atoms with E-state index in [1.807, 2.05) is 18.7 Å². The van der Waals surface area contributed by atoms with Gasteiger partial charge in [0.2, 0.25) is 10.0 Å². The summed E-state index contributed by atoms with van der Waals surface area (Å²) in [5, 5.41) is 0. The number of carbonyl (C=O) groups excluding carboxylic acids is 1. The molecule has 6 heteroatoms. The number of nitrogens with zero attached hydrogens (tertiary/aromatic N) is 2. The maximum absolute atomic E-state index is 13.1. The lowest BCUT2D eigenvalue weighted by Gasteiger charge is -2.29. The van der Waals surface area contributed by atoms with Gasteiger partial charge in [0.15, 0.2) is 0 Å². The molecule has 5 nitrogen and oxygen atoms in total. The molecular formula is C19H28N2O3S. The molecule has 0 radical (unpaired) electrons. The van der Waals surface area contributed by atoms with Gasteiger partial charge in [-0.05, 0) is 43.9 Å². The van der Waals surface area contributed by atoms with Crippen LogP contribution < -0.4 is 0 Å². The number of amides is 1. The number of sulfonamides is 1. The first kappa shape index (κ1) is 18.4. The molecular weight excluding hydrogens is 336 g/mol. The van der Waals surface area contributed by atoms with Crippen molar-refractivity contribution in [3.63, 3.8) is 0 Å². The first-order valence-electron chi connectivity index (χ1n) is 9.42. The summed E-state index contributed by atoms with van der Waals surface area (Å²) in [5.74, 6) is -0.00834. The average molecular weight is 365 g/mol. The van der Waals surface area contributed by atoms with Crippen molar-refractivity contribution in [2.45, 2.75) is 69.4 Å². The van der Waals surface area contributed by atoms with Gasteiger partial charge in [-0.15, -0.1) is 0 Å². The predicted molar refractivity (Wildman–Crippen MR) is 98.0 cm³/mol. The second kappa shape index (κ2) is 7.46. The molecule has 0 aromatic heterocycles. The summed E-state index contributed by atoms with van der Waals surface area (Å²) in [5.41, 5.74) is 0.493. The second-order valence-electron chi connectivity index (χ2n) is 7.00. The molecule has 0 saturated heterocycles. The molecule has 25 heavy (non-hydrogen) atoms. The molecule has 1 aromatic carbocycles. The first-order valence-corrected chi connectivity index (χ1v) is 10.9. The Hall–Kier alpha value is -1.40. The van der Waals surface area contributed by atoms with Gasteiger partial charge in [-0.1, -0.05) is 32.8 Å².